The highest BCUT2D eigenvalue weighted by Crippen LogP contribution is 2.48. The van der Waals surface area contributed by atoms with Crippen LogP contribution < -0.4 is 9.47 Å². The molecule has 0 amide bonds. The highest BCUT2D eigenvalue weighted by Gasteiger charge is 2.42. The molecule has 0 fully saturated rings. The monoisotopic (exact) mass is 454 g/mol. The second-order valence-electron chi connectivity index (χ2n) is 8.64. The number of ketones is 1. The Morgan fingerprint density at radius 3 is 2.45 bits per heavy atom. The standard InChI is InChI=1S/C26H30O7/c1-13(2)6-7-15(14(3)4)10-18-20(29)12-21(32-5)22-23(30)24(31)26(33-25(18)22)17-9-8-16(27)11-19(17)28/h6,8-9,11-12,15,24,26-29,31H,3,7,10H2,1-2,4-5H3/t15?,24-,26-/m1/s1. The number of methoxy groups -OCH3 is 1. The van der Waals surface area contributed by atoms with Gasteiger partial charge < -0.3 is 29.9 Å². The summed E-state index contributed by atoms with van der Waals surface area (Å²) in [5.41, 5.74) is 2.62. The van der Waals surface area contributed by atoms with Crippen LogP contribution in [-0.4, -0.2) is 39.4 Å². The molecule has 0 radical (unpaired) electrons. The molecular weight excluding hydrogens is 424 g/mol. The number of hydrogen-bond acceptors (Lipinski definition) is 7. The second kappa shape index (κ2) is 9.58. The van der Waals surface area contributed by atoms with E-state index in [-0.39, 0.29) is 45.8 Å². The largest absolute Gasteiger partial charge is 0.508 e. The summed E-state index contributed by atoms with van der Waals surface area (Å²) in [6.07, 6.45) is 0.254. The number of ether oxygens (including phenoxy) is 2. The Morgan fingerprint density at radius 2 is 1.88 bits per heavy atom. The summed E-state index contributed by atoms with van der Waals surface area (Å²) < 4.78 is 11.4. The molecule has 4 N–H and O–H groups in total. The Kier molecular flexibility index (Phi) is 7.03. The number of aromatic hydroxyl groups is 3. The molecule has 0 saturated heterocycles. The van der Waals surface area contributed by atoms with E-state index in [1.807, 2.05) is 20.8 Å². The van der Waals surface area contributed by atoms with Gasteiger partial charge in [-0.3, -0.25) is 4.79 Å². The van der Waals surface area contributed by atoms with E-state index in [0.29, 0.717) is 18.4 Å². The number of fused-ring (bicyclic) bond motifs is 1. The molecule has 0 aliphatic carbocycles. The minimum absolute atomic E-state index is 0.0330. The van der Waals surface area contributed by atoms with Crippen molar-refractivity contribution in [2.24, 2.45) is 5.92 Å². The summed E-state index contributed by atoms with van der Waals surface area (Å²) in [4.78, 5) is 13.2. The van der Waals surface area contributed by atoms with E-state index in [4.69, 9.17) is 9.47 Å². The molecule has 0 spiro atoms. The maximum Gasteiger partial charge on any atom is 0.202 e. The lowest BCUT2D eigenvalue weighted by Crippen LogP contribution is -2.37. The van der Waals surface area contributed by atoms with Gasteiger partial charge in [0.15, 0.2) is 12.2 Å². The fourth-order valence-corrected chi connectivity index (χ4v) is 3.95. The number of benzene rings is 2. The first-order valence-corrected chi connectivity index (χ1v) is 10.7. The van der Waals surface area contributed by atoms with Crippen molar-refractivity contribution in [2.75, 3.05) is 7.11 Å². The molecule has 33 heavy (non-hydrogen) atoms. The van der Waals surface area contributed by atoms with E-state index >= 15 is 0 Å². The van der Waals surface area contributed by atoms with E-state index in [1.54, 1.807) is 0 Å². The van der Waals surface area contributed by atoms with Crippen LogP contribution in [0, 0.1) is 5.92 Å². The highest BCUT2D eigenvalue weighted by atomic mass is 16.5. The number of allylic oxidation sites excluding steroid dienone is 3. The second-order valence-corrected chi connectivity index (χ2v) is 8.64. The van der Waals surface area contributed by atoms with Gasteiger partial charge in [-0.2, -0.15) is 0 Å². The Balaban J connectivity index is 2.14. The molecule has 1 aliphatic rings. The first-order valence-electron chi connectivity index (χ1n) is 10.7. The van der Waals surface area contributed by atoms with Crippen molar-refractivity contribution in [3.8, 4) is 28.7 Å². The molecule has 0 saturated carbocycles. The molecule has 7 nitrogen and oxygen atoms in total. The Bertz CT molecular complexity index is 1110. The molecule has 2 aromatic carbocycles. The first kappa shape index (κ1) is 24.2. The average Bonchev–Trinajstić information content (AvgIpc) is 2.74. The number of phenols is 3. The Labute approximate surface area is 193 Å². The van der Waals surface area contributed by atoms with Crippen LogP contribution in [0.5, 0.6) is 28.7 Å². The smallest absolute Gasteiger partial charge is 0.202 e. The van der Waals surface area contributed by atoms with Crippen molar-refractivity contribution >= 4 is 5.78 Å². The molecule has 3 atom stereocenters. The third kappa shape index (κ3) is 4.83. The number of hydrogen-bond donors (Lipinski definition) is 4. The summed E-state index contributed by atoms with van der Waals surface area (Å²) in [6.45, 7) is 9.98. The average molecular weight is 455 g/mol. The zero-order chi connectivity index (χ0) is 24.4. The summed E-state index contributed by atoms with van der Waals surface area (Å²) in [6, 6.07) is 5.15. The summed E-state index contributed by atoms with van der Waals surface area (Å²) in [5.74, 6) is -1.10. The predicted octanol–water partition coefficient (Wildman–Crippen LogP) is 4.58. The molecular formula is C26H30O7. The third-order valence-corrected chi connectivity index (χ3v) is 5.87. The van der Waals surface area contributed by atoms with Gasteiger partial charge in [0.05, 0.1) is 7.11 Å². The quantitative estimate of drug-likeness (QED) is 0.453. The molecule has 0 aromatic heterocycles. The molecule has 1 heterocycles. The summed E-state index contributed by atoms with van der Waals surface area (Å²) in [7, 11) is 1.36. The van der Waals surface area contributed by atoms with Gasteiger partial charge in [-0.15, -0.1) is 0 Å². The van der Waals surface area contributed by atoms with Gasteiger partial charge in [0.25, 0.3) is 0 Å². The lowest BCUT2D eigenvalue weighted by atomic mass is 9.85. The number of phenolic OH excluding ortho intramolecular Hbond substituents is 3. The van der Waals surface area contributed by atoms with Crippen molar-refractivity contribution in [2.45, 2.75) is 45.8 Å². The number of aliphatic hydroxyl groups excluding tert-OH is 1. The van der Waals surface area contributed by atoms with Gasteiger partial charge >= 0.3 is 0 Å². The molecule has 1 unspecified atom stereocenters. The van der Waals surface area contributed by atoms with Gasteiger partial charge in [0.1, 0.15) is 34.3 Å². The van der Waals surface area contributed by atoms with Gasteiger partial charge in [0.2, 0.25) is 5.78 Å². The van der Waals surface area contributed by atoms with Crippen molar-refractivity contribution < 1.29 is 34.7 Å². The zero-order valence-corrected chi connectivity index (χ0v) is 19.3. The van der Waals surface area contributed by atoms with Crippen molar-refractivity contribution in [3.05, 3.63) is 64.8 Å². The van der Waals surface area contributed by atoms with Gasteiger partial charge in [-0.05, 0) is 51.7 Å². The van der Waals surface area contributed by atoms with Crippen molar-refractivity contribution in [1.82, 2.24) is 0 Å². The maximum absolute atomic E-state index is 13.2. The van der Waals surface area contributed by atoms with E-state index in [9.17, 15) is 25.2 Å². The number of carbonyl (C=O) groups is 1. The lowest BCUT2D eigenvalue weighted by Gasteiger charge is -2.33. The third-order valence-electron chi connectivity index (χ3n) is 5.87. The van der Waals surface area contributed by atoms with Crippen molar-refractivity contribution in [1.29, 1.82) is 0 Å². The Morgan fingerprint density at radius 1 is 1.18 bits per heavy atom. The van der Waals surface area contributed by atoms with Crippen LogP contribution >= 0.6 is 0 Å². The molecule has 0 bridgehead atoms. The topological polar surface area (TPSA) is 116 Å². The molecule has 176 valence electrons. The fraction of sp³-hybridized carbons (Fsp3) is 0.346. The van der Waals surface area contributed by atoms with E-state index in [0.717, 1.165) is 17.2 Å². The number of rotatable bonds is 7. The van der Waals surface area contributed by atoms with Gasteiger partial charge in [0, 0.05) is 23.3 Å². The van der Waals surface area contributed by atoms with Crippen LogP contribution in [0.15, 0.2) is 48.1 Å². The molecule has 7 heteroatoms. The van der Waals surface area contributed by atoms with E-state index in [1.165, 1.54) is 25.3 Å². The first-order chi connectivity index (χ1) is 15.5. The summed E-state index contributed by atoms with van der Waals surface area (Å²) >= 11 is 0. The summed E-state index contributed by atoms with van der Waals surface area (Å²) in [5, 5.41) is 41.5. The SMILES string of the molecule is C=C(C)C(CC=C(C)C)Cc1c(O)cc(OC)c2c1O[C@H](c1ccc(O)cc1O)[C@H](O)C2=O. The van der Waals surface area contributed by atoms with Crippen LogP contribution in [0.1, 0.15) is 54.8 Å². The fourth-order valence-electron chi connectivity index (χ4n) is 3.95. The number of carbonyl (C=O) groups excluding carboxylic acids is 1. The van der Waals surface area contributed by atoms with Crippen LogP contribution in [0.2, 0.25) is 0 Å². The maximum atomic E-state index is 13.2. The normalized spacial score (nSPS) is 18.2. The van der Waals surface area contributed by atoms with E-state index in [2.05, 4.69) is 12.7 Å². The van der Waals surface area contributed by atoms with Crippen molar-refractivity contribution in [3.63, 3.8) is 0 Å². The lowest BCUT2D eigenvalue weighted by molar-refractivity contribution is 0.0197. The molecule has 1 aliphatic heterocycles. The zero-order valence-electron chi connectivity index (χ0n) is 19.3. The van der Waals surface area contributed by atoms with Gasteiger partial charge in [-0.25, -0.2) is 0 Å². The minimum atomic E-state index is -1.62. The van der Waals surface area contributed by atoms with Crippen LogP contribution in [-0.2, 0) is 6.42 Å². The molecule has 2 aromatic rings. The number of aliphatic hydroxyl groups is 1. The Hall–Kier alpha value is -3.45. The van der Waals surface area contributed by atoms with Crippen LogP contribution in [0.4, 0.5) is 0 Å². The minimum Gasteiger partial charge on any atom is -0.508 e. The van der Waals surface area contributed by atoms with Crippen LogP contribution in [0.25, 0.3) is 0 Å². The number of Topliss-reactive ketones (excluding diaryl/α,β-unsaturated/α-hetero) is 1. The van der Waals surface area contributed by atoms with Gasteiger partial charge in [-0.1, -0.05) is 23.8 Å². The predicted molar refractivity (Wildman–Crippen MR) is 124 cm³/mol. The van der Waals surface area contributed by atoms with E-state index < -0.39 is 18.0 Å². The van der Waals surface area contributed by atoms with Crippen LogP contribution in [0.3, 0.4) is 0 Å². The molecule has 3 rings (SSSR count). The highest BCUT2D eigenvalue weighted by molar-refractivity contribution is 6.06.